The molecule has 2 aromatic carbocycles. The van der Waals surface area contributed by atoms with Crippen LogP contribution in [0.4, 0.5) is 5.69 Å². The predicted octanol–water partition coefficient (Wildman–Crippen LogP) is 4.55. The third-order valence-corrected chi connectivity index (χ3v) is 3.90. The van der Waals surface area contributed by atoms with Gasteiger partial charge in [0.25, 0.3) is 5.91 Å². The number of anilines is 1. The number of carbonyl (C=O) groups is 1. The first-order valence-corrected chi connectivity index (χ1v) is 7.65. The Bertz CT molecular complexity index is 849. The number of aromatic nitrogens is 1. The molecular formula is C19H20N2O2. The fraction of sp³-hybridized carbons (Fsp3) is 0.211. The van der Waals surface area contributed by atoms with Gasteiger partial charge in [-0.3, -0.25) is 4.79 Å². The molecule has 1 heterocycles. The molecule has 3 aromatic rings. The van der Waals surface area contributed by atoms with Crippen molar-refractivity contribution in [1.29, 1.82) is 0 Å². The molecule has 0 bridgehead atoms. The number of aromatic amines is 1. The summed E-state index contributed by atoms with van der Waals surface area (Å²) in [7, 11) is 1.63. The monoisotopic (exact) mass is 308 g/mol. The summed E-state index contributed by atoms with van der Waals surface area (Å²) in [5.74, 6) is 0.973. The number of methoxy groups -OCH3 is 1. The van der Waals surface area contributed by atoms with Crippen LogP contribution in [0.1, 0.15) is 35.8 Å². The highest BCUT2D eigenvalue weighted by molar-refractivity contribution is 6.06. The molecule has 0 aliphatic carbocycles. The van der Waals surface area contributed by atoms with Gasteiger partial charge in [-0.05, 0) is 41.8 Å². The molecule has 3 rings (SSSR count). The minimum absolute atomic E-state index is 0.145. The number of para-hydroxylation sites is 1. The second-order valence-corrected chi connectivity index (χ2v) is 5.83. The van der Waals surface area contributed by atoms with E-state index in [9.17, 15) is 4.79 Å². The molecule has 4 nitrogen and oxygen atoms in total. The Morgan fingerprint density at radius 3 is 2.65 bits per heavy atom. The Labute approximate surface area is 135 Å². The average Bonchev–Trinajstić information content (AvgIpc) is 2.98. The molecule has 1 amide bonds. The summed E-state index contributed by atoms with van der Waals surface area (Å²) < 4.78 is 5.22. The number of hydrogen-bond donors (Lipinski definition) is 2. The largest absolute Gasteiger partial charge is 0.497 e. The van der Waals surface area contributed by atoms with E-state index in [1.807, 2.05) is 48.5 Å². The molecule has 0 saturated carbocycles. The van der Waals surface area contributed by atoms with Crippen LogP contribution in [0, 0.1) is 0 Å². The maximum atomic E-state index is 12.5. The van der Waals surface area contributed by atoms with Gasteiger partial charge in [-0.2, -0.15) is 0 Å². The summed E-state index contributed by atoms with van der Waals surface area (Å²) in [5, 5.41) is 3.95. The van der Waals surface area contributed by atoms with Crippen molar-refractivity contribution in [3.8, 4) is 5.75 Å². The number of hydrogen-bond acceptors (Lipinski definition) is 2. The van der Waals surface area contributed by atoms with E-state index in [4.69, 9.17) is 4.74 Å². The molecule has 4 heteroatoms. The zero-order chi connectivity index (χ0) is 16.4. The Balaban J connectivity index is 1.89. The van der Waals surface area contributed by atoms with E-state index < -0.39 is 0 Å². The Kier molecular flexibility index (Phi) is 4.06. The van der Waals surface area contributed by atoms with Crippen molar-refractivity contribution in [2.75, 3.05) is 12.4 Å². The van der Waals surface area contributed by atoms with Gasteiger partial charge in [-0.25, -0.2) is 0 Å². The molecule has 118 valence electrons. The van der Waals surface area contributed by atoms with Crippen molar-refractivity contribution < 1.29 is 9.53 Å². The summed E-state index contributed by atoms with van der Waals surface area (Å²) in [6.07, 6.45) is 0. The number of ether oxygens (including phenoxy) is 1. The second kappa shape index (κ2) is 6.16. The van der Waals surface area contributed by atoms with Crippen LogP contribution in [-0.4, -0.2) is 18.0 Å². The van der Waals surface area contributed by atoms with Crippen LogP contribution in [0.25, 0.3) is 10.9 Å². The lowest BCUT2D eigenvalue weighted by atomic mass is 10.0. The topological polar surface area (TPSA) is 54.1 Å². The average molecular weight is 308 g/mol. The van der Waals surface area contributed by atoms with Crippen LogP contribution >= 0.6 is 0 Å². The molecule has 1 aromatic heterocycles. The van der Waals surface area contributed by atoms with Crippen LogP contribution in [0.15, 0.2) is 48.5 Å². The minimum atomic E-state index is -0.145. The van der Waals surface area contributed by atoms with E-state index in [1.54, 1.807) is 7.11 Å². The standard InChI is InChI=1S/C19H20N2O2/c1-12(2)15-6-4-5-7-17(15)21-19(22)18-11-13-10-14(23-3)8-9-16(13)20-18/h4-12,20H,1-3H3,(H,21,22). The molecule has 0 unspecified atom stereocenters. The molecule has 2 N–H and O–H groups in total. The second-order valence-electron chi connectivity index (χ2n) is 5.83. The highest BCUT2D eigenvalue weighted by atomic mass is 16.5. The Morgan fingerprint density at radius 1 is 1.13 bits per heavy atom. The normalized spacial score (nSPS) is 11.0. The molecular weight excluding hydrogens is 288 g/mol. The zero-order valence-electron chi connectivity index (χ0n) is 13.5. The van der Waals surface area contributed by atoms with Crippen LogP contribution in [-0.2, 0) is 0 Å². The molecule has 0 aliphatic rings. The maximum absolute atomic E-state index is 12.5. The summed E-state index contributed by atoms with van der Waals surface area (Å²) in [4.78, 5) is 15.7. The van der Waals surface area contributed by atoms with Gasteiger partial charge in [0.2, 0.25) is 0 Å². The van der Waals surface area contributed by atoms with Gasteiger partial charge in [0, 0.05) is 16.6 Å². The molecule has 0 spiro atoms. The van der Waals surface area contributed by atoms with E-state index in [2.05, 4.69) is 24.1 Å². The van der Waals surface area contributed by atoms with Crippen molar-refractivity contribution in [3.05, 3.63) is 59.8 Å². The van der Waals surface area contributed by atoms with Crippen molar-refractivity contribution in [2.45, 2.75) is 19.8 Å². The van der Waals surface area contributed by atoms with E-state index in [0.717, 1.165) is 27.9 Å². The fourth-order valence-corrected chi connectivity index (χ4v) is 2.66. The number of amides is 1. The van der Waals surface area contributed by atoms with E-state index >= 15 is 0 Å². The maximum Gasteiger partial charge on any atom is 0.272 e. The number of nitrogens with one attached hydrogen (secondary N) is 2. The number of benzene rings is 2. The van der Waals surface area contributed by atoms with Gasteiger partial charge >= 0.3 is 0 Å². The summed E-state index contributed by atoms with van der Waals surface area (Å²) >= 11 is 0. The quantitative estimate of drug-likeness (QED) is 0.742. The fourth-order valence-electron chi connectivity index (χ4n) is 2.66. The first kappa shape index (κ1) is 15.2. The Hall–Kier alpha value is -2.75. The summed E-state index contributed by atoms with van der Waals surface area (Å²) in [5.41, 5.74) is 3.42. The lowest BCUT2D eigenvalue weighted by Gasteiger charge is -2.13. The number of carbonyl (C=O) groups excluding carboxylic acids is 1. The van der Waals surface area contributed by atoms with Gasteiger partial charge in [-0.15, -0.1) is 0 Å². The van der Waals surface area contributed by atoms with Crippen LogP contribution in [0.5, 0.6) is 5.75 Å². The number of H-pyrrole nitrogens is 1. The molecule has 0 aliphatic heterocycles. The predicted molar refractivity (Wildman–Crippen MR) is 93.3 cm³/mol. The highest BCUT2D eigenvalue weighted by Crippen LogP contribution is 2.25. The first-order valence-electron chi connectivity index (χ1n) is 7.65. The molecule has 23 heavy (non-hydrogen) atoms. The van der Waals surface area contributed by atoms with E-state index in [0.29, 0.717) is 11.6 Å². The van der Waals surface area contributed by atoms with Gasteiger partial charge in [-0.1, -0.05) is 32.0 Å². The van der Waals surface area contributed by atoms with Crippen molar-refractivity contribution >= 4 is 22.5 Å². The molecule has 0 radical (unpaired) electrons. The third kappa shape index (κ3) is 3.06. The van der Waals surface area contributed by atoms with Crippen LogP contribution in [0.3, 0.4) is 0 Å². The minimum Gasteiger partial charge on any atom is -0.497 e. The lowest BCUT2D eigenvalue weighted by Crippen LogP contribution is -2.13. The highest BCUT2D eigenvalue weighted by Gasteiger charge is 2.13. The summed E-state index contributed by atoms with van der Waals surface area (Å²) in [6, 6.07) is 15.4. The SMILES string of the molecule is COc1ccc2[nH]c(C(=O)Nc3ccccc3C(C)C)cc2c1. The van der Waals surface area contributed by atoms with Crippen molar-refractivity contribution in [2.24, 2.45) is 0 Å². The smallest absolute Gasteiger partial charge is 0.272 e. The Morgan fingerprint density at radius 2 is 1.91 bits per heavy atom. The van der Waals surface area contributed by atoms with Crippen molar-refractivity contribution in [3.63, 3.8) is 0 Å². The van der Waals surface area contributed by atoms with Crippen LogP contribution < -0.4 is 10.1 Å². The number of rotatable bonds is 4. The number of fused-ring (bicyclic) bond motifs is 1. The third-order valence-electron chi connectivity index (χ3n) is 3.90. The molecule has 0 saturated heterocycles. The van der Waals surface area contributed by atoms with Gasteiger partial charge in [0.05, 0.1) is 7.11 Å². The van der Waals surface area contributed by atoms with E-state index in [-0.39, 0.29) is 5.91 Å². The first-order chi connectivity index (χ1) is 11.1. The zero-order valence-corrected chi connectivity index (χ0v) is 13.5. The molecule has 0 fully saturated rings. The van der Waals surface area contributed by atoms with Gasteiger partial charge < -0.3 is 15.0 Å². The van der Waals surface area contributed by atoms with Crippen LogP contribution in [0.2, 0.25) is 0 Å². The summed E-state index contributed by atoms with van der Waals surface area (Å²) in [6.45, 7) is 4.22. The van der Waals surface area contributed by atoms with E-state index in [1.165, 1.54) is 0 Å². The lowest BCUT2D eigenvalue weighted by molar-refractivity contribution is 0.102. The molecule has 0 atom stereocenters. The van der Waals surface area contributed by atoms with Crippen molar-refractivity contribution in [1.82, 2.24) is 4.98 Å². The van der Waals surface area contributed by atoms with Gasteiger partial charge in [0.15, 0.2) is 0 Å². The van der Waals surface area contributed by atoms with Gasteiger partial charge in [0.1, 0.15) is 11.4 Å².